The summed E-state index contributed by atoms with van der Waals surface area (Å²) in [7, 11) is 0. The molecule has 98 valence electrons. The zero-order chi connectivity index (χ0) is 13.0. The Kier molecular flexibility index (Phi) is 2.35. The van der Waals surface area contributed by atoms with Gasteiger partial charge in [-0.1, -0.05) is 24.6 Å². The first-order chi connectivity index (χ1) is 9.24. The van der Waals surface area contributed by atoms with Gasteiger partial charge >= 0.3 is 0 Å². The monoisotopic (exact) mass is 253 g/mol. The molecule has 2 aliphatic carbocycles. The van der Waals surface area contributed by atoms with Gasteiger partial charge in [-0.3, -0.25) is 4.79 Å². The summed E-state index contributed by atoms with van der Waals surface area (Å²) in [5, 5.41) is 1.10. The van der Waals surface area contributed by atoms with Crippen LogP contribution in [0.15, 0.2) is 24.3 Å². The normalized spacial score (nSPS) is 29.2. The second kappa shape index (κ2) is 3.96. The Labute approximate surface area is 113 Å². The molecule has 0 amide bonds. The molecule has 1 N–H and O–H groups in total. The van der Waals surface area contributed by atoms with Crippen LogP contribution in [0, 0.1) is 24.7 Å². The van der Waals surface area contributed by atoms with Gasteiger partial charge in [-0.25, -0.2) is 0 Å². The zero-order valence-corrected chi connectivity index (χ0v) is 11.3. The summed E-state index contributed by atoms with van der Waals surface area (Å²) < 4.78 is 0. The smallest absolute Gasteiger partial charge is 0.168 e. The number of aryl methyl sites for hydroxylation is 1. The Morgan fingerprint density at radius 2 is 2.05 bits per heavy atom. The Balaban J connectivity index is 1.78. The molecule has 1 heterocycles. The molecule has 4 rings (SSSR count). The molecule has 0 aliphatic heterocycles. The fraction of sp³-hybridized carbons (Fsp3) is 0.471. The van der Waals surface area contributed by atoms with Crippen molar-refractivity contribution in [3.8, 4) is 0 Å². The maximum Gasteiger partial charge on any atom is 0.168 e. The van der Waals surface area contributed by atoms with Crippen molar-refractivity contribution in [1.82, 2.24) is 4.98 Å². The number of para-hydroxylation sites is 1. The molecule has 3 unspecified atom stereocenters. The summed E-state index contributed by atoms with van der Waals surface area (Å²) in [4.78, 5) is 16.3. The van der Waals surface area contributed by atoms with E-state index in [-0.39, 0.29) is 5.92 Å². The fourth-order valence-electron chi connectivity index (χ4n) is 4.35. The number of ketones is 1. The minimum absolute atomic E-state index is 0.289. The van der Waals surface area contributed by atoms with Crippen LogP contribution < -0.4 is 0 Å². The lowest BCUT2D eigenvalue weighted by Crippen LogP contribution is -2.21. The molecule has 3 atom stereocenters. The second-order valence-corrected chi connectivity index (χ2v) is 6.32. The molecule has 1 aromatic carbocycles. The van der Waals surface area contributed by atoms with E-state index in [1.807, 2.05) is 19.1 Å². The summed E-state index contributed by atoms with van der Waals surface area (Å²) in [5.74, 6) is 2.16. The predicted octanol–water partition coefficient (Wildman–Crippen LogP) is 4.10. The van der Waals surface area contributed by atoms with Gasteiger partial charge in [-0.2, -0.15) is 0 Å². The van der Waals surface area contributed by atoms with Crippen molar-refractivity contribution in [2.45, 2.75) is 32.6 Å². The van der Waals surface area contributed by atoms with Crippen LogP contribution in [0.4, 0.5) is 0 Å². The number of hydrogen-bond donors (Lipinski definition) is 1. The molecule has 19 heavy (non-hydrogen) atoms. The molecule has 0 saturated heterocycles. The SMILES string of the molecule is Cc1[nH]c2ccccc2c1C(=O)C1CC2CCC1C2. The van der Waals surface area contributed by atoms with Gasteiger partial charge in [0.05, 0.1) is 0 Å². The highest BCUT2D eigenvalue weighted by Crippen LogP contribution is 2.49. The molecule has 2 aliphatic rings. The van der Waals surface area contributed by atoms with Crippen molar-refractivity contribution >= 4 is 16.7 Å². The van der Waals surface area contributed by atoms with Gasteiger partial charge in [-0.15, -0.1) is 0 Å². The Hall–Kier alpha value is -1.57. The highest BCUT2D eigenvalue weighted by atomic mass is 16.1. The van der Waals surface area contributed by atoms with Crippen LogP contribution in [0.3, 0.4) is 0 Å². The number of fused-ring (bicyclic) bond motifs is 3. The van der Waals surface area contributed by atoms with E-state index in [0.717, 1.165) is 34.5 Å². The van der Waals surface area contributed by atoms with Crippen LogP contribution >= 0.6 is 0 Å². The van der Waals surface area contributed by atoms with Gasteiger partial charge in [0.2, 0.25) is 0 Å². The summed E-state index contributed by atoms with van der Waals surface area (Å²) in [6.45, 7) is 2.03. The number of carbonyl (C=O) groups excluding carboxylic acids is 1. The first-order valence-electron chi connectivity index (χ1n) is 7.35. The zero-order valence-electron chi connectivity index (χ0n) is 11.3. The van der Waals surface area contributed by atoms with E-state index in [1.165, 1.54) is 19.3 Å². The first-order valence-corrected chi connectivity index (χ1v) is 7.35. The van der Waals surface area contributed by atoms with Gasteiger partial charge < -0.3 is 4.98 Å². The standard InChI is InChI=1S/C17H19NO/c1-10-16(13-4-2-3-5-15(13)18-10)17(19)14-9-11-6-7-12(14)8-11/h2-5,11-12,14,18H,6-9H2,1H3. The minimum Gasteiger partial charge on any atom is -0.358 e. The average molecular weight is 253 g/mol. The van der Waals surface area contributed by atoms with Crippen LogP contribution in [-0.2, 0) is 0 Å². The van der Waals surface area contributed by atoms with E-state index >= 15 is 0 Å². The van der Waals surface area contributed by atoms with Crippen LogP contribution in [0.1, 0.15) is 41.7 Å². The molecular formula is C17H19NO. The predicted molar refractivity (Wildman–Crippen MR) is 76.3 cm³/mol. The Bertz CT molecular complexity index is 654. The van der Waals surface area contributed by atoms with Gasteiger partial charge in [0, 0.05) is 28.1 Å². The third kappa shape index (κ3) is 1.59. The van der Waals surface area contributed by atoms with E-state index in [4.69, 9.17) is 0 Å². The number of aromatic nitrogens is 1. The molecular weight excluding hydrogens is 234 g/mol. The molecule has 2 bridgehead atoms. The Morgan fingerprint density at radius 3 is 2.79 bits per heavy atom. The number of carbonyl (C=O) groups is 1. The van der Waals surface area contributed by atoms with Gasteiger partial charge in [0.25, 0.3) is 0 Å². The van der Waals surface area contributed by atoms with Crippen LogP contribution in [-0.4, -0.2) is 10.8 Å². The first kappa shape index (κ1) is 11.3. The molecule has 2 heteroatoms. The van der Waals surface area contributed by atoms with Crippen LogP contribution in [0.25, 0.3) is 10.9 Å². The summed E-state index contributed by atoms with van der Waals surface area (Å²) in [6, 6.07) is 8.16. The van der Waals surface area contributed by atoms with E-state index in [1.54, 1.807) is 0 Å². The van der Waals surface area contributed by atoms with E-state index < -0.39 is 0 Å². The number of benzene rings is 1. The third-order valence-corrected chi connectivity index (χ3v) is 5.21. The number of rotatable bonds is 2. The Morgan fingerprint density at radius 1 is 1.21 bits per heavy atom. The molecule has 2 nitrogen and oxygen atoms in total. The van der Waals surface area contributed by atoms with Crippen molar-refractivity contribution < 1.29 is 4.79 Å². The van der Waals surface area contributed by atoms with E-state index in [2.05, 4.69) is 17.1 Å². The number of Topliss-reactive ketones (excluding diaryl/α,β-unsaturated/α-hetero) is 1. The molecule has 1 aromatic heterocycles. The lowest BCUT2D eigenvalue weighted by molar-refractivity contribution is 0.0876. The molecule has 2 saturated carbocycles. The van der Waals surface area contributed by atoms with E-state index in [0.29, 0.717) is 11.7 Å². The largest absolute Gasteiger partial charge is 0.358 e. The van der Waals surface area contributed by atoms with Gasteiger partial charge in [0.15, 0.2) is 5.78 Å². The topological polar surface area (TPSA) is 32.9 Å². The molecule has 0 spiro atoms. The number of H-pyrrole nitrogens is 1. The lowest BCUT2D eigenvalue weighted by atomic mass is 9.82. The van der Waals surface area contributed by atoms with Crippen molar-refractivity contribution in [1.29, 1.82) is 0 Å². The average Bonchev–Trinajstić information content (AvgIpc) is 3.10. The second-order valence-electron chi connectivity index (χ2n) is 6.32. The minimum atomic E-state index is 0.289. The number of hydrogen-bond acceptors (Lipinski definition) is 1. The number of aromatic amines is 1. The van der Waals surface area contributed by atoms with Crippen molar-refractivity contribution in [3.63, 3.8) is 0 Å². The van der Waals surface area contributed by atoms with Crippen LogP contribution in [0.5, 0.6) is 0 Å². The molecule has 2 aromatic rings. The van der Waals surface area contributed by atoms with Gasteiger partial charge in [-0.05, 0) is 44.1 Å². The van der Waals surface area contributed by atoms with Gasteiger partial charge in [0.1, 0.15) is 0 Å². The number of nitrogens with one attached hydrogen (secondary N) is 1. The highest BCUT2D eigenvalue weighted by Gasteiger charge is 2.43. The maximum atomic E-state index is 12.9. The summed E-state index contributed by atoms with van der Waals surface area (Å²) in [6.07, 6.45) is 5.03. The summed E-state index contributed by atoms with van der Waals surface area (Å²) >= 11 is 0. The molecule has 2 fully saturated rings. The lowest BCUT2D eigenvalue weighted by Gasteiger charge is -2.20. The fourth-order valence-corrected chi connectivity index (χ4v) is 4.35. The van der Waals surface area contributed by atoms with Crippen molar-refractivity contribution in [3.05, 3.63) is 35.5 Å². The highest BCUT2D eigenvalue weighted by molar-refractivity contribution is 6.10. The van der Waals surface area contributed by atoms with Crippen LogP contribution in [0.2, 0.25) is 0 Å². The summed E-state index contributed by atoms with van der Waals surface area (Å²) in [5.41, 5.74) is 3.08. The maximum absolute atomic E-state index is 12.9. The third-order valence-electron chi connectivity index (χ3n) is 5.21. The van der Waals surface area contributed by atoms with E-state index in [9.17, 15) is 4.79 Å². The quantitative estimate of drug-likeness (QED) is 0.803. The van der Waals surface area contributed by atoms with Crippen molar-refractivity contribution in [2.75, 3.05) is 0 Å². The van der Waals surface area contributed by atoms with Crippen molar-refractivity contribution in [2.24, 2.45) is 17.8 Å². The molecule has 0 radical (unpaired) electrons.